The molecule has 0 radical (unpaired) electrons. The van der Waals surface area contributed by atoms with E-state index in [2.05, 4.69) is 35.5 Å². The van der Waals surface area contributed by atoms with E-state index < -0.39 is 12.1 Å². The van der Waals surface area contributed by atoms with Crippen molar-refractivity contribution in [1.82, 2.24) is 0 Å². The molecule has 0 aliphatic carbocycles. The number of rotatable bonds is 6. The highest BCUT2D eigenvalue weighted by Gasteiger charge is 2.08. The minimum Gasteiger partial charge on any atom is -0.466 e. The van der Waals surface area contributed by atoms with Gasteiger partial charge in [0.25, 0.3) is 0 Å². The van der Waals surface area contributed by atoms with E-state index in [0.29, 0.717) is 6.42 Å². The number of hydrogen-bond acceptors (Lipinski definition) is 4. The van der Waals surface area contributed by atoms with Gasteiger partial charge in [0, 0.05) is 20.3 Å². The van der Waals surface area contributed by atoms with Crippen LogP contribution in [0, 0.1) is 35.5 Å². The molecule has 0 N–H and O–H groups in total. The fraction of sp³-hybridized carbons (Fsp3) is 0.333. The molecule has 22 heavy (non-hydrogen) atoms. The van der Waals surface area contributed by atoms with Crippen molar-refractivity contribution in [3.63, 3.8) is 0 Å². The number of ether oxygens (including phenoxy) is 2. The maximum absolute atomic E-state index is 11.0. The second-order valence-corrected chi connectivity index (χ2v) is 3.91. The molecular formula is C18H18O4. The molecule has 0 rings (SSSR count). The topological polar surface area (TPSA) is 52.6 Å². The van der Waals surface area contributed by atoms with Gasteiger partial charge in [-0.1, -0.05) is 24.0 Å². The Bertz CT molecular complexity index is 607. The van der Waals surface area contributed by atoms with Crippen LogP contribution in [0.25, 0.3) is 0 Å². The van der Waals surface area contributed by atoms with Crippen LogP contribution in [-0.2, 0) is 19.1 Å². The fourth-order valence-corrected chi connectivity index (χ4v) is 1.22. The summed E-state index contributed by atoms with van der Waals surface area (Å²) in [7, 11) is 0. The highest BCUT2D eigenvalue weighted by atomic mass is 16.6. The zero-order chi connectivity index (χ0) is 16.6. The van der Waals surface area contributed by atoms with Crippen LogP contribution in [0.5, 0.6) is 0 Å². The summed E-state index contributed by atoms with van der Waals surface area (Å²) in [6, 6.07) is 0. The van der Waals surface area contributed by atoms with E-state index in [1.165, 1.54) is 13.8 Å². The van der Waals surface area contributed by atoms with Crippen LogP contribution < -0.4 is 0 Å². The van der Waals surface area contributed by atoms with Gasteiger partial charge in [-0.2, -0.15) is 0 Å². The standard InChI is InChI=1S/C18H18O4/c1-4-5-6-7-8-9-10-11-12-13-18(22-17(3)20)14-15-21-16(2)19/h10-13,18H,14-15H2,1-3H3. The second-order valence-electron chi connectivity index (χ2n) is 3.91. The molecule has 0 aromatic heterocycles. The monoisotopic (exact) mass is 298 g/mol. The Morgan fingerprint density at radius 3 is 2.41 bits per heavy atom. The van der Waals surface area contributed by atoms with E-state index in [9.17, 15) is 9.59 Å². The zero-order valence-corrected chi connectivity index (χ0v) is 12.9. The maximum Gasteiger partial charge on any atom is 0.303 e. The van der Waals surface area contributed by atoms with Gasteiger partial charge in [0.15, 0.2) is 0 Å². The zero-order valence-electron chi connectivity index (χ0n) is 12.9. The average molecular weight is 298 g/mol. The predicted molar refractivity (Wildman–Crippen MR) is 84.1 cm³/mol. The molecule has 0 aromatic rings. The Balaban J connectivity index is 4.38. The van der Waals surface area contributed by atoms with Gasteiger partial charge in [0.1, 0.15) is 6.10 Å². The van der Waals surface area contributed by atoms with Crippen molar-refractivity contribution in [3.05, 3.63) is 24.3 Å². The second kappa shape index (κ2) is 13.1. The lowest BCUT2D eigenvalue weighted by atomic mass is 10.2. The minimum absolute atomic E-state index is 0.190. The molecule has 4 nitrogen and oxygen atoms in total. The summed E-state index contributed by atoms with van der Waals surface area (Å²) >= 11 is 0. The normalized spacial score (nSPS) is 10.5. The molecule has 1 unspecified atom stereocenters. The molecule has 1 atom stereocenters. The lowest BCUT2D eigenvalue weighted by molar-refractivity contribution is -0.146. The van der Waals surface area contributed by atoms with Crippen molar-refractivity contribution < 1.29 is 19.1 Å². The quantitative estimate of drug-likeness (QED) is 0.428. The Labute approximate surface area is 131 Å². The lowest BCUT2D eigenvalue weighted by Gasteiger charge is -2.12. The van der Waals surface area contributed by atoms with Crippen molar-refractivity contribution in [2.24, 2.45) is 0 Å². The number of esters is 2. The molecule has 0 saturated heterocycles. The SMILES string of the molecule is CC#CC#CC#CC=CC=CC(CCOC(C)=O)OC(C)=O. The molecule has 0 bridgehead atoms. The van der Waals surface area contributed by atoms with E-state index >= 15 is 0 Å². The lowest BCUT2D eigenvalue weighted by Crippen LogP contribution is -2.17. The molecule has 114 valence electrons. The van der Waals surface area contributed by atoms with E-state index in [4.69, 9.17) is 9.47 Å². The van der Waals surface area contributed by atoms with Gasteiger partial charge in [0.2, 0.25) is 0 Å². The van der Waals surface area contributed by atoms with Crippen molar-refractivity contribution in [1.29, 1.82) is 0 Å². The van der Waals surface area contributed by atoms with E-state index in [0.717, 1.165) is 0 Å². The van der Waals surface area contributed by atoms with Gasteiger partial charge >= 0.3 is 11.9 Å². The Morgan fingerprint density at radius 1 is 1.05 bits per heavy atom. The van der Waals surface area contributed by atoms with Crippen molar-refractivity contribution in [2.45, 2.75) is 33.3 Å². The summed E-state index contributed by atoms with van der Waals surface area (Å²) in [6.45, 7) is 4.54. The van der Waals surface area contributed by atoms with Crippen molar-refractivity contribution >= 4 is 11.9 Å². The first kappa shape index (κ1) is 19.1. The van der Waals surface area contributed by atoms with Crippen LogP contribution in [0.2, 0.25) is 0 Å². The number of hydrogen-bond donors (Lipinski definition) is 0. The summed E-state index contributed by atoms with van der Waals surface area (Å²) in [5.41, 5.74) is 0. The van der Waals surface area contributed by atoms with Gasteiger partial charge in [-0.25, -0.2) is 0 Å². The Hall–Kier alpha value is -2.90. The summed E-state index contributed by atoms with van der Waals surface area (Å²) < 4.78 is 9.89. The molecule has 0 aromatic carbocycles. The smallest absolute Gasteiger partial charge is 0.303 e. The molecule has 0 aliphatic rings. The molecule has 4 heteroatoms. The molecule has 0 aliphatic heterocycles. The first-order chi connectivity index (χ1) is 10.6. The van der Waals surface area contributed by atoms with E-state index in [-0.39, 0.29) is 12.6 Å². The van der Waals surface area contributed by atoms with E-state index in [1.807, 2.05) is 0 Å². The number of carbonyl (C=O) groups excluding carboxylic acids is 2. The van der Waals surface area contributed by atoms with Crippen LogP contribution in [0.3, 0.4) is 0 Å². The predicted octanol–water partition coefficient (Wildman–Crippen LogP) is 2.01. The maximum atomic E-state index is 11.0. The number of carbonyl (C=O) groups is 2. The fourth-order valence-electron chi connectivity index (χ4n) is 1.22. The molecule has 0 spiro atoms. The first-order valence-electron chi connectivity index (χ1n) is 6.62. The van der Waals surface area contributed by atoms with Gasteiger partial charge in [0.05, 0.1) is 6.61 Å². The first-order valence-corrected chi connectivity index (χ1v) is 6.62. The van der Waals surface area contributed by atoms with Crippen molar-refractivity contribution in [2.75, 3.05) is 6.61 Å². The van der Waals surface area contributed by atoms with Crippen LogP contribution in [-0.4, -0.2) is 24.6 Å². The van der Waals surface area contributed by atoms with Gasteiger partial charge < -0.3 is 9.47 Å². The van der Waals surface area contributed by atoms with Gasteiger partial charge in [-0.3, -0.25) is 9.59 Å². The van der Waals surface area contributed by atoms with Crippen LogP contribution in [0.15, 0.2) is 24.3 Å². The van der Waals surface area contributed by atoms with E-state index in [1.54, 1.807) is 31.2 Å². The highest BCUT2D eigenvalue weighted by molar-refractivity contribution is 5.66. The molecule has 0 saturated carbocycles. The molecule has 0 heterocycles. The summed E-state index contributed by atoms with van der Waals surface area (Å²) in [6.07, 6.45) is 6.65. The summed E-state index contributed by atoms with van der Waals surface area (Å²) in [5, 5.41) is 0. The highest BCUT2D eigenvalue weighted by Crippen LogP contribution is 2.02. The Morgan fingerprint density at radius 2 is 1.77 bits per heavy atom. The molecule has 0 amide bonds. The van der Waals surface area contributed by atoms with Crippen LogP contribution >= 0.6 is 0 Å². The molecular weight excluding hydrogens is 280 g/mol. The van der Waals surface area contributed by atoms with Crippen LogP contribution in [0.1, 0.15) is 27.2 Å². The third-order valence-electron chi connectivity index (χ3n) is 2.03. The van der Waals surface area contributed by atoms with Gasteiger partial charge in [-0.15, -0.1) is 0 Å². The minimum atomic E-state index is -0.450. The van der Waals surface area contributed by atoms with Crippen LogP contribution in [0.4, 0.5) is 0 Å². The summed E-state index contributed by atoms with van der Waals surface area (Å²) in [5.74, 6) is 14.9. The summed E-state index contributed by atoms with van der Waals surface area (Å²) in [4.78, 5) is 21.7. The third kappa shape index (κ3) is 13.5. The Kier molecular flexibility index (Phi) is 11.4. The average Bonchev–Trinajstić information content (AvgIpc) is 2.44. The largest absolute Gasteiger partial charge is 0.466 e. The van der Waals surface area contributed by atoms with Crippen molar-refractivity contribution in [3.8, 4) is 35.5 Å². The third-order valence-corrected chi connectivity index (χ3v) is 2.03. The molecule has 0 fully saturated rings. The van der Waals surface area contributed by atoms with Gasteiger partial charge in [-0.05, 0) is 42.8 Å². The number of allylic oxidation sites excluding steroid dienone is 3.